The lowest BCUT2D eigenvalue weighted by Crippen LogP contribution is -2.59. The number of benzene rings is 1. The third-order valence-corrected chi connectivity index (χ3v) is 5.86. The van der Waals surface area contributed by atoms with E-state index in [0.717, 1.165) is 0 Å². The molecule has 2 aliphatic rings. The summed E-state index contributed by atoms with van der Waals surface area (Å²) in [6, 6.07) is 2.41. The van der Waals surface area contributed by atoms with Crippen LogP contribution in [0.2, 0.25) is 15.1 Å². The Morgan fingerprint density at radius 2 is 2.11 bits per heavy atom. The van der Waals surface area contributed by atoms with E-state index in [1.807, 2.05) is 0 Å². The van der Waals surface area contributed by atoms with Crippen LogP contribution in [0.5, 0.6) is 0 Å². The highest BCUT2D eigenvalue weighted by Crippen LogP contribution is 2.37. The van der Waals surface area contributed by atoms with E-state index in [2.05, 4.69) is 16.1 Å². The molecule has 3 atom stereocenters. The molecule has 154 valence electrons. The molecule has 1 aromatic rings. The summed E-state index contributed by atoms with van der Waals surface area (Å²) < 4.78 is 1.49. The molecule has 2 heterocycles. The topological polar surface area (TPSA) is 115 Å². The number of nitrogens with zero attached hydrogens (tertiary/aromatic N) is 2. The maximum absolute atomic E-state index is 12.1. The number of hydroxylamine groups is 2. The fourth-order valence-corrected chi connectivity index (χ4v) is 4.41. The van der Waals surface area contributed by atoms with Crippen LogP contribution in [-0.4, -0.2) is 59.2 Å². The molecule has 1 saturated heterocycles. The summed E-state index contributed by atoms with van der Waals surface area (Å²) in [5.41, 5.74) is 10.2. The quantitative estimate of drug-likeness (QED) is 0.402. The van der Waals surface area contributed by atoms with E-state index in [4.69, 9.17) is 45.4 Å². The van der Waals surface area contributed by atoms with Crippen molar-refractivity contribution < 1.29 is 14.7 Å². The largest absolute Gasteiger partial charge is 0.374 e. The van der Waals surface area contributed by atoms with Gasteiger partial charge in [-0.3, -0.25) is 14.9 Å². The maximum Gasteiger partial charge on any atom is 0.242 e. The third-order valence-electron chi connectivity index (χ3n) is 4.14. The SMILES string of the molecule is CN1OCNC(=O)C(NCC(O)N2NC(c3c(Cl)cc(Cl)cc3Cl)=CS2)C1N. The zero-order valence-electron chi connectivity index (χ0n) is 14.7. The van der Waals surface area contributed by atoms with Crippen molar-refractivity contribution in [1.29, 1.82) is 0 Å². The number of hydrogen-bond donors (Lipinski definition) is 5. The van der Waals surface area contributed by atoms with Crippen molar-refractivity contribution in [3.8, 4) is 0 Å². The van der Waals surface area contributed by atoms with Gasteiger partial charge in [0.05, 0.1) is 15.7 Å². The lowest BCUT2D eigenvalue weighted by molar-refractivity contribution is -0.165. The summed E-state index contributed by atoms with van der Waals surface area (Å²) in [7, 11) is 1.63. The van der Waals surface area contributed by atoms with Crippen molar-refractivity contribution >= 4 is 58.4 Å². The Hall–Kier alpha value is -0.790. The third kappa shape index (κ3) is 4.85. The van der Waals surface area contributed by atoms with Crippen LogP contribution in [0.15, 0.2) is 17.5 Å². The molecule has 0 aliphatic carbocycles. The average molecular weight is 470 g/mol. The van der Waals surface area contributed by atoms with Gasteiger partial charge >= 0.3 is 0 Å². The average Bonchev–Trinajstić information content (AvgIpc) is 3.05. The van der Waals surface area contributed by atoms with Crippen molar-refractivity contribution in [2.75, 3.05) is 20.3 Å². The van der Waals surface area contributed by atoms with Crippen molar-refractivity contribution in [3.05, 3.63) is 38.2 Å². The van der Waals surface area contributed by atoms with Crippen molar-refractivity contribution in [1.82, 2.24) is 25.5 Å². The smallest absolute Gasteiger partial charge is 0.242 e. The lowest BCUT2D eigenvalue weighted by Gasteiger charge is -2.29. The van der Waals surface area contributed by atoms with Crippen LogP contribution in [0.4, 0.5) is 0 Å². The molecule has 0 bridgehead atoms. The van der Waals surface area contributed by atoms with Crippen LogP contribution >= 0.6 is 46.8 Å². The number of likely N-dealkylation sites (N-methyl/N-ethyl adjacent to an activating group) is 1. The minimum atomic E-state index is -0.988. The first-order valence-corrected chi connectivity index (χ1v) is 10.1. The molecule has 3 unspecified atom stereocenters. The van der Waals surface area contributed by atoms with Gasteiger partial charge in [0.15, 0.2) is 0 Å². The molecule has 13 heteroatoms. The van der Waals surface area contributed by atoms with E-state index in [1.165, 1.54) is 21.4 Å². The summed E-state index contributed by atoms with van der Waals surface area (Å²) in [4.78, 5) is 17.3. The molecule has 1 fully saturated rings. The number of nitrogens with one attached hydrogen (secondary N) is 3. The van der Waals surface area contributed by atoms with Gasteiger partial charge in [-0.05, 0) is 24.1 Å². The number of aliphatic hydroxyl groups is 1. The fraction of sp³-hybridized carbons (Fsp3) is 0.400. The van der Waals surface area contributed by atoms with Crippen molar-refractivity contribution in [2.24, 2.45) is 5.73 Å². The van der Waals surface area contributed by atoms with Gasteiger partial charge < -0.3 is 21.6 Å². The number of carbonyl (C=O) groups excluding carboxylic acids is 1. The first-order chi connectivity index (χ1) is 13.3. The number of halogens is 3. The minimum Gasteiger partial charge on any atom is -0.374 e. The molecule has 2 aliphatic heterocycles. The Morgan fingerprint density at radius 3 is 2.79 bits per heavy atom. The number of nitrogens with two attached hydrogens (primary N) is 1. The predicted octanol–water partition coefficient (Wildman–Crippen LogP) is 0.926. The highest BCUT2D eigenvalue weighted by molar-refractivity contribution is 8.00. The number of amides is 1. The number of aliphatic hydroxyl groups excluding tert-OH is 1. The van der Waals surface area contributed by atoms with Crippen molar-refractivity contribution in [3.63, 3.8) is 0 Å². The molecule has 0 spiro atoms. The van der Waals surface area contributed by atoms with E-state index < -0.39 is 18.4 Å². The molecule has 0 saturated carbocycles. The first kappa shape index (κ1) is 21.9. The van der Waals surface area contributed by atoms with Crippen LogP contribution in [0.1, 0.15) is 5.56 Å². The summed E-state index contributed by atoms with van der Waals surface area (Å²) in [6.07, 6.45) is -1.70. The Kier molecular flexibility index (Phi) is 7.32. The van der Waals surface area contributed by atoms with E-state index in [0.29, 0.717) is 26.3 Å². The van der Waals surface area contributed by atoms with E-state index in [-0.39, 0.29) is 19.2 Å². The van der Waals surface area contributed by atoms with Crippen LogP contribution < -0.4 is 21.8 Å². The van der Waals surface area contributed by atoms with Crippen molar-refractivity contribution in [2.45, 2.75) is 18.4 Å². The molecular formula is C15H19Cl3N6O3S. The Labute approximate surface area is 181 Å². The number of rotatable bonds is 5. The van der Waals surface area contributed by atoms with Gasteiger partial charge in [0.25, 0.3) is 0 Å². The molecule has 28 heavy (non-hydrogen) atoms. The van der Waals surface area contributed by atoms with E-state index in [1.54, 1.807) is 24.6 Å². The molecule has 1 aromatic carbocycles. The standard InChI is InChI=1S/C15H19Cl3N6O3S/c1-23-14(19)13(15(26)21-6-27-23)20-4-11(25)24-22-10(5-28-24)12-8(17)2-7(16)3-9(12)18/h2-3,5,11,13-14,20,22,25H,4,6,19H2,1H3,(H,21,26). The molecule has 1 amide bonds. The van der Waals surface area contributed by atoms with Gasteiger partial charge in [-0.25, -0.2) is 0 Å². The highest BCUT2D eigenvalue weighted by atomic mass is 35.5. The van der Waals surface area contributed by atoms with Gasteiger partial charge in [0.2, 0.25) is 5.91 Å². The van der Waals surface area contributed by atoms with Gasteiger partial charge in [-0.15, -0.1) is 4.41 Å². The second-order valence-electron chi connectivity index (χ2n) is 6.04. The van der Waals surface area contributed by atoms with Crippen LogP contribution in [-0.2, 0) is 9.63 Å². The molecule has 6 N–H and O–H groups in total. The lowest BCUT2D eigenvalue weighted by atomic mass is 10.2. The van der Waals surface area contributed by atoms with Crippen LogP contribution in [0.3, 0.4) is 0 Å². The van der Waals surface area contributed by atoms with Crippen LogP contribution in [0.25, 0.3) is 5.70 Å². The normalized spacial score (nSPS) is 25.1. The summed E-state index contributed by atoms with van der Waals surface area (Å²) in [6.45, 7) is 0.0893. The first-order valence-electron chi connectivity index (χ1n) is 8.16. The zero-order valence-corrected chi connectivity index (χ0v) is 17.7. The van der Waals surface area contributed by atoms with Crippen LogP contribution in [0, 0.1) is 0 Å². The number of hydrogen-bond acceptors (Lipinski definition) is 9. The number of carbonyl (C=O) groups is 1. The molecule has 9 nitrogen and oxygen atoms in total. The molecule has 0 aromatic heterocycles. The highest BCUT2D eigenvalue weighted by Gasteiger charge is 2.33. The molecule has 3 rings (SSSR count). The minimum absolute atomic E-state index is 0.0309. The fourth-order valence-electron chi connectivity index (χ4n) is 2.63. The Morgan fingerprint density at radius 1 is 1.43 bits per heavy atom. The Bertz CT molecular complexity index is 762. The predicted molar refractivity (Wildman–Crippen MR) is 110 cm³/mol. The second kappa shape index (κ2) is 9.35. The van der Waals surface area contributed by atoms with Gasteiger partial charge in [-0.1, -0.05) is 34.8 Å². The summed E-state index contributed by atoms with van der Waals surface area (Å²) >= 11 is 19.6. The number of hydrazine groups is 1. The summed E-state index contributed by atoms with van der Waals surface area (Å²) in [5, 5.41) is 20.4. The monoisotopic (exact) mass is 468 g/mol. The van der Waals surface area contributed by atoms with E-state index in [9.17, 15) is 9.90 Å². The second-order valence-corrected chi connectivity index (χ2v) is 8.13. The van der Waals surface area contributed by atoms with Gasteiger partial charge in [0.1, 0.15) is 25.2 Å². The maximum atomic E-state index is 12.1. The van der Waals surface area contributed by atoms with Gasteiger partial charge in [0, 0.05) is 29.6 Å². The van der Waals surface area contributed by atoms with E-state index >= 15 is 0 Å². The van der Waals surface area contributed by atoms with Gasteiger partial charge in [-0.2, -0.15) is 5.06 Å². The zero-order chi connectivity index (χ0) is 20.4. The molecule has 0 radical (unpaired) electrons. The summed E-state index contributed by atoms with van der Waals surface area (Å²) in [5.74, 6) is -0.315. The Balaban J connectivity index is 1.60. The molecular weight excluding hydrogens is 451 g/mol.